The molecule has 2 rings (SSSR count). The zero-order valence-electron chi connectivity index (χ0n) is 9.08. The van der Waals surface area contributed by atoms with Gasteiger partial charge in [0.2, 0.25) is 0 Å². The molecule has 0 aliphatic carbocycles. The van der Waals surface area contributed by atoms with Crippen LogP contribution >= 0.6 is 15.9 Å². The van der Waals surface area contributed by atoms with Crippen LogP contribution in [0.25, 0.3) is 0 Å². The standard InChI is InChI=1S/C12H16BrNO2/c13-11-4-1-3-10(7-11)12(8-15)9-16-6-2-5-14-12/h1,3-4,7,14-15H,2,5-6,8-9H2. The number of benzene rings is 1. The zero-order chi connectivity index (χ0) is 11.4. The summed E-state index contributed by atoms with van der Waals surface area (Å²) in [6, 6.07) is 8.00. The molecule has 1 fully saturated rings. The maximum Gasteiger partial charge on any atom is 0.0906 e. The van der Waals surface area contributed by atoms with Gasteiger partial charge in [0.15, 0.2) is 0 Å². The Morgan fingerprint density at radius 3 is 3.12 bits per heavy atom. The van der Waals surface area contributed by atoms with Gasteiger partial charge < -0.3 is 15.2 Å². The lowest BCUT2D eigenvalue weighted by molar-refractivity contribution is 0.0551. The largest absolute Gasteiger partial charge is 0.394 e. The number of rotatable bonds is 2. The van der Waals surface area contributed by atoms with E-state index in [-0.39, 0.29) is 6.61 Å². The van der Waals surface area contributed by atoms with Crippen molar-refractivity contribution in [3.8, 4) is 0 Å². The fourth-order valence-corrected chi connectivity index (χ4v) is 2.36. The van der Waals surface area contributed by atoms with Crippen LogP contribution in [-0.4, -0.2) is 31.5 Å². The third kappa shape index (κ3) is 2.46. The summed E-state index contributed by atoms with van der Waals surface area (Å²) in [7, 11) is 0. The van der Waals surface area contributed by atoms with Gasteiger partial charge in [-0.3, -0.25) is 0 Å². The van der Waals surface area contributed by atoms with Gasteiger partial charge in [0.25, 0.3) is 0 Å². The van der Waals surface area contributed by atoms with E-state index in [1.54, 1.807) is 0 Å². The first-order chi connectivity index (χ1) is 7.77. The van der Waals surface area contributed by atoms with Gasteiger partial charge in [0, 0.05) is 11.1 Å². The highest BCUT2D eigenvalue weighted by molar-refractivity contribution is 9.10. The molecule has 1 saturated heterocycles. The number of hydrogen-bond donors (Lipinski definition) is 2. The predicted molar refractivity (Wildman–Crippen MR) is 66.3 cm³/mol. The average Bonchev–Trinajstić information content (AvgIpc) is 2.55. The molecule has 16 heavy (non-hydrogen) atoms. The van der Waals surface area contributed by atoms with Crippen LogP contribution < -0.4 is 5.32 Å². The van der Waals surface area contributed by atoms with Gasteiger partial charge in [-0.15, -0.1) is 0 Å². The minimum atomic E-state index is -0.458. The quantitative estimate of drug-likeness (QED) is 0.868. The third-order valence-electron chi connectivity index (χ3n) is 2.92. The second-order valence-corrected chi connectivity index (χ2v) is 5.00. The number of ether oxygens (including phenoxy) is 1. The molecule has 4 heteroatoms. The molecule has 0 saturated carbocycles. The second kappa shape index (κ2) is 5.27. The maximum absolute atomic E-state index is 9.65. The monoisotopic (exact) mass is 285 g/mol. The van der Waals surface area contributed by atoms with Gasteiger partial charge in [0.1, 0.15) is 0 Å². The van der Waals surface area contributed by atoms with E-state index in [2.05, 4.69) is 21.2 Å². The lowest BCUT2D eigenvalue weighted by Crippen LogP contribution is -2.48. The lowest BCUT2D eigenvalue weighted by atomic mass is 9.91. The second-order valence-electron chi connectivity index (χ2n) is 4.08. The predicted octanol–water partition coefficient (Wildman–Crippen LogP) is 1.65. The number of nitrogens with one attached hydrogen (secondary N) is 1. The Balaban J connectivity index is 2.31. The molecule has 0 aromatic heterocycles. The Bertz CT molecular complexity index is 349. The van der Waals surface area contributed by atoms with Gasteiger partial charge in [-0.05, 0) is 30.7 Å². The van der Waals surface area contributed by atoms with Crippen LogP contribution in [0.2, 0.25) is 0 Å². The van der Waals surface area contributed by atoms with Crippen LogP contribution in [0.15, 0.2) is 28.7 Å². The molecule has 1 aliphatic heterocycles. The van der Waals surface area contributed by atoms with E-state index in [0.29, 0.717) is 6.61 Å². The summed E-state index contributed by atoms with van der Waals surface area (Å²) in [6.07, 6.45) is 0.982. The third-order valence-corrected chi connectivity index (χ3v) is 3.42. The van der Waals surface area contributed by atoms with Crippen molar-refractivity contribution in [2.45, 2.75) is 12.0 Å². The molecule has 2 N–H and O–H groups in total. The van der Waals surface area contributed by atoms with E-state index in [9.17, 15) is 5.11 Å². The van der Waals surface area contributed by atoms with Crippen LogP contribution in [0.5, 0.6) is 0 Å². The number of hydrogen-bond acceptors (Lipinski definition) is 3. The molecule has 1 heterocycles. The minimum absolute atomic E-state index is 0.0451. The summed E-state index contributed by atoms with van der Waals surface area (Å²) < 4.78 is 6.58. The molecule has 1 aromatic carbocycles. The molecule has 0 amide bonds. The summed E-state index contributed by atoms with van der Waals surface area (Å²) in [5.41, 5.74) is 0.603. The van der Waals surface area contributed by atoms with Gasteiger partial charge >= 0.3 is 0 Å². The Kier molecular flexibility index (Phi) is 3.97. The summed E-state index contributed by atoms with van der Waals surface area (Å²) in [6.45, 7) is 2.18. The highest BCUT2D eigenvalue weighted by Crippen LogP contribution is 2.25. The van der Waals surface area contributed by atoms with Crippen molar-refractivity contribution in [1.29, 1.82) is 0 Å². The van der Waals surface area contributed by atoms with Crippen LogP contribution in [-0.2, 0) is 10.3 Å². The first-order valence-corrected chi connectivity index (χ1v) is 6.26. The molecule has 1 aromatic rings. The van der Waals surface area contributed by atoms with Crippen LogP contribution in [0.3, 0.4) is 0 Å². The Morgan fingerprint density at radius 2 is 2.38 bits per heavy atom. The fourth-order valence-electron chi connectivity index (χ4n) is 1.96. The maximum atomic E-state index is 9.65. The first kappa shape index (κ1) is 12.0. The molecule has 0 radical (unpaired) electrons. The fraction of sp³-hybridized carbons (Fsp3) is 0.500. The molecular weight excluding hydrogens is 270 g/mol. The van der Waals surface area contributed by atoms with E-state index in [1.807, 2.05) is 24.3 Å². The Labute approximate surface area is 104 Å². The van der Waals surface area contributed by atoms with Crippen molar-refractivity contribution in [3.05, 3.63) is 34.3 Å². The van der Waals surface area contributed by atoms with E-state index in [4.69, 9.17) is 4.74 Å². The smallest absolute Gasteiger partial charge is 0.0906 e. The number of aliphatic hydroxyl groups excluding tert-OH is 1. The Morgan fingerprint density at radius 1 is 1.50 bits per heavy atom. The zero-order valence-corrected chi connectivity index (χ0v) is 10.7. The van der Waals surface area contributed by atoms with Crippen molar-refractivity contribution in [2.75, 3.05) is 26.4 Å². The highest BCUT2D eigenvalue weighted by Gasteiger charge is 2.32. The Hall–Kier alpha value is -0.420. The summed E-state index contributed by atoms with van der Waals surface area (Å²) in [5, 5.41) is 13.0. The van der Waals surface area contributed by atoms with E-state index in [0.717, 1.165) is 29.6 Å². The molecule has 1 aliphatic rings. The molecule has 1 unspecified atom stereocenters. The molecule has 3 nitrogen and oxygen atoms in total. The molecule has 0 bridgehead atoms. The number of aliphatic hydroxyl groups is 1. The molecular formula is C12H16BrNO2. The highest BCUT2D eigenvalue weighted by atomic mass is 79.9. The minimum Gasteiger partial charge on any atom is -0.394 e. The summed E-state index contributed by atoms with van der Waals surface area (Å²) >= 11 is 3.45. The number of halogens is 1. The van der Waals surface area contributed by atoms with Crippen molar-refractivity contribution >= 4 is 15.9 Å². The van der Waals surface area contributed by atoms with E-state index in [1.165, 1.54) is 0 Å². The van der Waals surface area contributed by atoms with Crippen LogP contribution in [0, 0.1) is 0 Å². The normalized spacial score (nSPS) is 26.4. The lowest BCUT2D eigenvalue weighted by Gasteiger charge is -2.31. The van der Waals surface area contributed by atoms with E-state index < -0.39 is 5.54 Å². The van der Waals surface area contributed by atoms with E-state index >= 15 is 0 Å². The molecule has 88 valence electrons. The van der Waals surface area contributed by atoms with Gasteiger partial charge in [-0.1, -0.05) is 28.1 Å². The summed E-state index contributed by atoms with van der Waals surface area (Å²) in [4.78, 5) is 0. The van der Waals surface area contributed by atoms with Crippen molar-refractivity contribution < 1.29 is 9.84 Å². The van der Waals surface area contributed by atoms with Crippen molar-refractivity contribution in [1.82, 2.24) is 5.32 Å². The average molecular weight is 286 g/mol. The van der Waals surface area contributed by atoms with Crippen molar-refractivity contribution in [2.24, 2.45) is 0 Å². The molecule has 1 atom stereocenters. The van der Waals surface area contributed by atoms with Crippen LogP contribution in [0.1, 0.15) is 12.0 Å². The SMILES string of the molecule is OCC1(c2cccc(Br)c2)COCCCN1. The van der Waals surface area contributed by atoms with Gasteiger partial charge in [-0.25, -0.2) is 0 Å². The van der Waals surface area contributed by atoms with Gasteiger partial charge in [0.05, 0.1) is 18.8 Å². The van der Waals surface area contributed by atoms with Crippen LogP contribution in [0.4, 0.5) is 0 Å². The summed E-state index contributed by atoms with van der Waals surface area (Å²) in [5.74, 6) is 0. The molecule has 0 spiro atoms. The van der Waals surface area contributed by atoms with Gasteiger partial charge in [-0.2, -0.15) is 0 Å². The topological polar surface area (TPSA) is 41.5 Å². The first-order valence-electron chi connectivity index (χ1n) is 5.46. The van der Waals surface area contributed by atoms with Crippen molar-refractivity contribution in [3.63, 3.8) is 0 Å².